The van der Waals surface area contributed by atoms with Crippen LogP contribution in [0.5, 0.6) is 0 Å². The lowest BCUT2D eigenvalue weighted by Gasteiger charge is -2.36. The molecule has 3 nitrogen and oxygen atoms in total. The number of fused-ring (bicyclic) bond motifs is 4. The molecule has 0 unspecified atom stereocenters. The van der Waals surface area contributed by atoms with Crippen molar-refractivity contribution in [2.75, 3.05) is 9.80 Å². The van der Waals surface area contributed by atoms with Crippen LogP contribution in [0.2, 0.25) is 0 Å². The standard InChI is InChI=1S/C45H32F4N2O/c1-45(2)18-17-36-40(51(32-11-7-4-8-12-32)35-23-29(48)20-30(49)24-35)16-15-38-43(36)39(45)26-42-44(38)37-14-13-33(25-41(37)52-42)50(31-9-5-3-6-10-31)34-21-27(46)19-28(47)22-34/h3-16,19-26H,17-18H2,1-2H3. The van der Waals surface area contributed by atoms with Gasteiger partial charge in [-0.3, -0.25) is 0 Å². The van der Waals surface area contributed by atoms with E-state index in [1.165, 1.54) is 24.3 Å². The molecule has 0 spiro atoms. The van der Waals surface area contributed by atoms with Crippen molar-refractivity contribution in [1.82, 2.24) is 0 Å². The Morgan fingerprint density at radius 3 is 1.67 bits per heavy atom. The Hall–Kier alpha value is -6.08. The molecule has 7 heteroatoms. The summed E-state index contributed by atoms with van der Waals surface area (Å²) in [5, 5.41) is 3.98. The van der Waals surface area contributed by atoms with Crippen molar-refractivity contribution in [2.45, 2.75) is 32.1 Å². The predicted octanol–water partition coefficient (Wildman–Crippen LogP) is 13.5. The maximum absolute atomic E-state index is 14.7. The second-order valence-electron chi connectivity index (χ2n) is 14.0. The summed E-state index contributed by atoms with van der Waals surface area (Å²) in [6.07, 6.45) is 1.62. The van der Waals surface area contributed by atoms with Crippen LogP contribution in [-0.4, -0.2) is 0 Å². The summed E-state index contributed by atoms with van der Waals surface area (Å²) in [4.78, 5) is 3.73. The van der Waals surface area contributed by atoms with Crippen molar-refractivity contribution in [1.29, 1.82) is 0 Å². The molecule has 52 heavy (non-hydrogen) atoms. The van der Waals surface area contributed by atoms with Gasteiger partial charge in [0.15, 0.2) is 0 Å². The van der Waals surface area contributed by atoms with Gasteiger partial charge in [-0.05, 0) is 113 Å². The topological polar surface area (TPSA) is 19.6 Å². The van der Waals surface area contributed by atoms with Gasteiger partial charge in [0.2, 0.25) is 0 Å². The Morgan fingerprint density at radius 2 is 1.06 bits per heavy atom. The number of hydrogen-bond donors (Lipinski definition) is 0. The number of furan rings is 1. The van der Waals surface area contributed by atoms with E-state index < -0.39 is 23.3 Å². The third-order valence-corrected chi connectivity index (χ3v) is 10.3. The van der Waals surface area contributed by atoms with E-state index in [-0.39, 0.29) is 5.41 Å². The van der Waals surface area contributed by atoms with E-state index in [9.17, 15) is 17.6 Å². The van der Waals surface area contributed by atoms with Crippen molar-refractivity contribution < 1.29 is 22.0 Å². The molecule has 9 rings (SSSR count). The molecule has 7 aromatic carbocycles. The molecule has 1 heterocycles. The number of hydrogen-bond acceptors (Lipinski definition) is 3. The SMILES string of the molecule is CC1(C)CCc2c(N(c3ccccc3)c3cc(F)cc(F)c3)ccc3c2c1cc1oc2cc(N(c4ccccc4)c4cc(F)cc(F)c4)ccc2c13. The van der Waals surface area contributed by atoms with Crippen LogP contribution < -0.4 is 9.80 Å². The minimum atomic E-state index is -0.670. The summed E-state index contributed by atoms with van der Waals surface area (Å²) < 4.78 is 65.1. The third kappa shape index (κ3) is 5.27. The molecular weight excluding hydrogens is 661 g/mol. The van der Waals surface area contributed by atoms with Crippen LogP contribution in [0.25, 0.3) is 32.7 Å². The van der Waals surface area contributed by atoms with Gasteiger partial charge in [-0.15, -0.1) is 0 Å². The van der Waals surface area contributed by atoms with Crippen LogP contribution in [0.15, 0.2) is 138 Å². The van der Waals surface area contributed by atoms with Gasteiger partial charge in [0.25, 0.3) is 0 Å². The molecule has 8 aromatic rings. The lowest BCUT2D eigenvalue weighted by atomic mass is 9.71. The molecule has 0 radical (unpaired) electrons. The molecular formula is C45H32F4N2O. The maximum Gasteiger partial charge on any atom is 0.137 e. The number of aryl methyl sites for hydroxylation is 1. The first-order chi connectivity index (χ1) is 25.1. The van der Waals surface area contributed by atoms with Crippen LogP contribution in [0.4, 0.5) is 51.7 Å². The van der Waals surface area contributed by atoms with Crippen LogP contribution in [0.1, 0.15) is 31.4 Å². The maximum atomic E-state index is 14.7. The summed E-state index contributed by atoms with van der Waals surface area (Å²) in [5.74, 6) is -2.63. The minimum Gasteiger partial charge on any atom is -0.456 e. The molecule has 1 aliphatic rings. The van der Waals surface area contributed by atoms with Gasteiger partial charge in [-0.25, -0.2) is 17.6 Å². The van der Waals surface area contributed by atoms with Crippen molar-refractivity contribution in [3.8, 4) is 0 Å². The van der Waals surface area contributed by atoms with Gasteiger partial charge in [-0.1, -0.05) is 56.3 Å². The van der Waals surface area contributed by atoms with E-state index in [0.29, 0.717) is 22.6 Å². The molecule has 256 valence electrons. The molecule has 0 bridgehead atoms. The zero-order valence-corrected chi connectivity index (χ0v) is 28.4. The summed E-state index contributed by atoms with van der Waals surface area (Å²) in [5.41, 5.74) is 7.22. The number of rotatable bonds is 6. The molecule has 0 saturated heterocycles. The van der Waals surface area contributed by atoms with Gasteiger partial charge in [0.05, 0.1) is 11.4 Å². The van der Waals surface area contributed by atoms with E-state index >= 15 is 0 Å². The molecule has 0 aliphatic heterocycles. The normalized spacial score (nSPS) is 13.6. The molecule has 0 N–H and O–H groups in total. The van der Waals surface area contributed by atoms with Crippen LogP contribution in [-0.2, 0) is 11.8 Å². The molecule has 0 fully saturated rings. The lowest BCUT2D eigenvalue weighted by Crippen LogP contribution is -2.24. The fourth-order valence-electron chi connectivity index (χ4n) is 7.91. The average molecular weight is 693 g/mol. The van der Waals surface area contributed by atoms with Crippen LogP contribution >= 0.6 is 0 Å². The van der Waals surface area contributed by atoms with E-state index in [1.54, 1.807) is 4.90 Å². The highest BCUT2D eigenvalue weighted by molar-refractivity contribution is 6.21. The first-order valence-corrected chi connectivity index (χ1v) is 17.2. The third-order valence-electron chi connectivity index (χ3n) is 10.3. The molecule has 0 saturated carbocycles. The van der Waals surface area contributed by atoms with Gasteiger partial charge < -0.3 is 14.2 Å². The predicted molar refractivity (Wildman–Crippen MR) is 202 cm³/mol. The number of halogens is 4. The zero-order chi connectivity index (χ0) is 35.7. The first-order valence-electron chi connectivity index (χ1n) is 17.2. The summed E-state index contributed by atoms with van der Waals surface area (Å²) >= 11 is 0. The summed E-state index contributed by atoms with van der Waals surface area (Å²) in [7, 11) is 0. The van der Waals surface area contributed by atoms with Crippen molar-refractivity contribution in [2.24, 2.45) is 0 Å². The van der Waals surface area contributed by atoms with Crippen LogP contribution in [0.3, 0.4) is 0 Å². The number of benzene rings is 7. The fraction of sp³-hybridized carbons (Fsp3) is 0.111. The highest BCUT2D eigenvalue weighted by Gasteiger charge is 2.33. The Morgan fingerprint density at radius 1 is 0.500 bits per heavy atom. The quantitative estimate of drug-likeness (QED) is 0.162. The minimum absolute atomic E-state index is 0.184. The Kier molecular flexibility index (Phi) is 7.36. The highest BCUT2D eigenvalue weighted by atomic mass is 19.1. The van der Waals surface area contributed by atoms with E-state index in [0.717, 1.165) is 80.3 Å². The molecule has 1 aliphatic carbocycles. The fourth-order valence-corrected chi connectivity index (χ4v) is 7.91. The van der Waals surface area contributed by atoms with Crippen molar-refractivity contribution in [3.63, 3.8) is 0 Å². The average Bonchev–Trinajstić information content (AvgIpc) is 3.49. The van der Waals surface area contributed by atoms with E-state index in [1.807, 2.05) is 89.8 Å². The Bertz CT molecular complexity index is 2630. The monoisotopic (exact) mass is 692 g/mol. The lowest BCUT2D eigenvalue weighted by molar-refractivity contribution is 0.474. The van der Waals surface area contributed by atoms with Crippen LogP contribution in [0, 0.1) is 23.3 Å². The zero-order valence-electron chi connectivity index (χ0n) is 28.4. The number of nitrogens with zero attached hydrogens (tertiary/aromatic N) is 2. The van der Waals surface area contributed by atoms with Gasteiger partial charge in [-0.2, -0.15) is 0 Å². The smallest absolute Gasteiger partial charge is 0.137 e. The highest BCUT2D eigenvalue weighted by Crippen LogP contribution is 2.51. The Labute approximate surface area is 297 Å². The van der Waals surface area contributed by atoms with Gasteiger partial charge in [0, 0.05) is 51.7 Å². The number of para-hydroxylation sites is 2. The Balaban J connectivity index is 1.28. The molecule has 0 atom stereocenters. The summed E-state index contributed by atoms with van der Waals surface area (Å²) in [6.45, 7) is 4.47. The second kappa shape index (κ2) is 12.0. The summed E-state index contributed by atoms with van der Waals surface area (Å²) in [6, 6.07) is 38.3. The number of anilines is 6. The molecule has 1 aromatic heterocycles. The van der Waals surface area contributed by atoms with E-state index in [2.05, 4.69) is 26.0 Å². The van der Waals surface area contributed by atoms with Crippen molar-refractivity contribution >= 4 is 66.8 Å². The second-order valence-corrected chi connectivity index (χ2v) is 14.0. The van der Waals surface area contributed by atoms with Gasteiger partial charge in [0.1, 0.15) is 34.4 Å². The largest absolute Gasteiger partial charge is 0.456 e. The van der Waals surface area contributed by atoms with E-state index in [4.69, 9.17) is 4.42 Å². The first kappa shape index (κ1) is 31.9. The van der Waals surface area contributed by atoms with Crippen molar-refractivity contribution in [3.05, 3.63) is 168 Å². The molecule has 0 amide bonds. The van der Waals surface area contributed by atoms with Gasteiger partial charge >= 0.3 is 0 Å².